The molecule has 3 N–H and O–H groups in total. The molecule has 328 valence electrons. The number of hydrogen-bond donors (Lipinski definition) is 3. The molecular weight excluding hydrogens is 739 g/mol. The number of hydrogen-bond acceptors (Lipinski definition) is 8. The summed E-state index contributed by atoms with van der Waals surface area (Å²) in [6, 6.07) is 0. The SMILES string of the molecule is CC/C=C\C/C=C\C/C=C\C/C=C\C/C=C\CCCCCCCCOCC(COP(=O)(O)OCC(O)CO)OC(=O)CCCCCCC/C=C\C/C=C\CCCC. The summed E-state index contributed by atoms with van der Waals surface area (Å²) in [4.78, 5) is 22.6. The van der Waals surface area contributed by atoms with Crippen molar-refractivity contribution in [3.05, 3.63) is 85.1 Å². The Bertz CT molecular complexity index is 1160. The number of ether oxygens (including phenoxy) is 2. The first kappa shape index (κ1) is 54.6. The van der Waals surface area contributed by atoms with Crippen LogP contribution in [0.25, 0.3) is 0 Å². The Morgan fingerprint density at radius 1 is 0.561 bits per heavy atom. The number of esters is 1. The van der Waals surface area contributed by atoms with Crippen LogP contribution in [0.2, 0.25) is 0 Å². The van der Waals surface area contributed by atoms with Gasteiger partial charge in [0.25, 0.3) is 0 Å². The van der Waals surface area contributed by atoms with E-state index in [-0.39, 0.29) is 13.0 Å². The lowest BCUT2D eigenvalue weighted by atomic mass is 10.1. The first-order chi connectivity index (χ1) is 27.8. The predicted octanol–water partition coefficient (Wildman–Crippen LogP) is 12.3. The van der Waals surface area contributed by atoms with Crippen molar-refractivity contribution >= 4 is 13.8 Å². The van der Waals surface area contributed by atoms with E-state index < -0.39 is 45.8 Å². The molecule has 10 heteroatoms. The third-order valence-corrected chi connectivity index (χ3v) is 9.77. The largest absolute Gasteiger partial charge is 0.472 e. The summed E-state index contributed by atoms with van der Waals surface area (Å²) in [5.41, 5.74) is 0. The van der Waals surface area contributed by atoms with Crippen LogP contribution in [0.4, 0.5) is 0 Å². The molecular formula is C47H81O9P. The number of phosphoric acid groups is 1. The van der Waals surface area contributed by atoms with Crippen molar-refractivity contribution in [1.82, 2.24) is 0 Å². The van der Waals surface area contributed by atoms with Crippen molar-refractivity contribution in [2.45, 2.75) is 174 Å². The highest BCUT2D eigenvalue weighted by Gasteiger charge is 2.26. The summed E-state index contributed by atoms with van der Waals surface area (Å²) in [5.74, 6) is -0.406. The molecule has 0 aliphatic carbocycles. The quantitative estimate of drug-likeness (QED) is 0.0239. The van der Waals surface area contributed by atoms with Crippen molar-refractivity contribution in [1.29, 1.82) is 0 Å². The summed E-state index contributed by atoms with van der Waals surface area (Å²) in [6.45, 7) is 3.28. The third-order valence-electron chi connectivity index (χ3n) is 8.81. The molecule has 3 unspecified atom stereocenters. The fourth-order valence-electron chi connectivity index (χ4n) is 5.46. The molecule has 0 radical (unpaired) electrons. The first-order valence-corrected chi connectivity index (χ1v) is 23.6. The Morgan fingerprint density at radius 3 is 1.51 bits per heavy atom. The van der Waals surface area contributed by atoms with Crippen LogP contribution >= 0.6 is 7.82 Å². The second-order valence-corrected chi connectivity index (χ2v) is 15.8. The predicted molar refractivity (Wildman–Crippen MR) is 237 cm³/mol. The van der Waals surface area contributed by atoms with Crippen LogP contribution < -0.4 is 0 Å². The first-order valence-electron chi connectivity index (χ1n) is 22.1. The van der Waals surface area contributed by atoms with Crippen LogP contribution in [0.15, 0.2) is 85.1 Å². The molecule has 0 saturated heterocycles. The molecule has 0 aliphatic rings. The fourth-order valence-corrected chi connectivity index (χ4v) is 6.25. The van der Waals surface area contributed by atoms with Crippen LogP contribution in [0.5, 0.6) is 0 Å². The van der Waals surface area contributed by atoms with Crippen molar-refractivity contribution in [3.8, 4) is 0 Å². The average molecular weight is 821 g/mol. The van der Waals surface area contributed by atoms with Gasteiger partial charge in [-0.1, -0.05) is 157 Å². The molecule has 0 aromatic rings. The van der Waals surface area contributed by atoms with Gasteiger partial charge in [-0.15, -0.1) is 0 Å². The van der Waals surface area contributed by atoms with E-state index in [4.69, 9.17) is 23.6 Å². The van der Waals surface area contributed by atoms with E-state index >= 15 is 0 Å². The minimum Gasteiger partial charge on any atom is -0.457 e. The molecule has 0 aromatic heterocycles. The van der Waals surface area contributed by atoms with Crippen molar-refractivity contribution in [2.75, 3.05) is 33.0 Å². The number of allylic oxidation sites excluding steroid dienone is 14. The molecule has 0 amide bonds. The van der Waals surface area contributed by atoms with Crippen LogP contribution in [-0.4, -0.2) is 66.3 Å². The topological polar surface area (TPSA) is 132 Å². The zero-order chi connectivity index (χ0) is 41.8. The van der Waals surface area contributed by atoms with Crippen molar-refractivity contribution in [2.24, 2.45) is 0 Å². The summed E-state index contributed by atoms with van der Waals surface area (Å²) in [5, 5.41) is 18.4. The lowest BCUT2D eigenvalue weighted by Crippen LogP contribution is -2.29. The van der Waals surface area contributed by atoms with Gasteiger partial charge in [-0.2, -0.15) is 0 Å². The van der Waals surface area contributed by atoms with Gasteiger partial charge in [-0.25, -0.2) is 4.57 Å². The Kier molecular flexibility index (Phi) is 41.4. The van der Waals surface area contributed by atoms with Gasteiger partial charge < -0.3 is 24.6 Å². The highest BCUT2D eigenvalue weighted by molar-refractivity contribution is 7.47. The number of unbranched alkanes of at least 4 members (excludes halogenated alkanes) is 13. The standard InChI is InChI=1S/C47H81O9P/c1-3-5-7-9-11-13-15-17-19-20-21-22-23-24-25-26-28-30-32-34-36-38-40-53-43-46(44-55-57(51,52)54-42-45(49)41-48)56-47(50)39-37-35-33-31-29-27-18-16-14-12-10-8-6-4-2/h5,7,10-13,16-19,21-22,24-25,45-46,48-49H,3-4,6,8-9,14-15,20,23,26-44H2,1-2H3,(H,51,52)/b7-5-,12-10-,13-11-,18-16-,19-17-,22-21-,25-24-. The number of carbonyl (C=O) groups excluding carboxylic acids is 1. The second kappa shape index (κ2) is 43.2. The van der Waals surface area contributed by atoms with E-state index in [0.29, 0.717) is 13.0 Å². The molecule has 0 aliphatic heterocycles. The van der Waals surface area contributed by atoms with Crippen LogP contribution in [-0.2, 0) is 27.9 Å². The molecule has 57 heavy (non-hydrogen) atoms. The Labute approximate surface area is 347 Å². The van der Waals surface area contributed by atoms with E-state index in [1.54, 1.807) is 0 Å². The minimum absolute atomic E-state index is 0.0281. The van der Waals surface area contributed by atoms with Gasteiger partial charge in [-0.05, 0) is 83.5 Å². The molecule has 3 atom stereocenters. The number of carbonyl (C=O) groups is 1. The molecule has 0 saturated carbocycles. The van der Waals surface area contributed by atoms with Crippen molar-refractivity contribution in [3.63, 3.8) is 0 Å². The zero-order valence-corrected chi connectivity index (χ0v) is 36.7. The second-order valence-electron chi connectivity index (χ2n) is 14.3. The van der Waals surface area contributed by atoms with E-state index in [0.717, 1.165) is 103 Å². The maximum Gasteiger partial charge on any atom is 0.472 e. The summed E-state index contributed by atoms with van der Waals surface area (Å²) in [6.07, 6.45) is 52.5. The molecule has 0 bridgehead atoms. The van der Waals surface area contributed by atoms with Gasteiger partial charge in [0, 0.05) is 13.0 Å². The van der Waals surface area contributed by atoms with Gasteiger partial charge in [0.15, 0.2) is 0 Å². The summed E-state index contributed by atoms with van der Waals surface area (Å²) < 4.78 is 33.3. The molecule has 0 rings (SSSR count). The Hall–Kier alpha value is -2.36. The van der Waals surface area contributed by atoms with Crippen LogP contribution in [0.3, 0.4) is 0 Å². The van der Waals surface area contributed by atoms with Gasteiger partial charge in [0.1, 0.15) is 12.2 Å². The van der Waals surface area contributed by atoms with Crippen molar-refractivity contribution < 1.29 is 43.0 Å². The third kappa shape index (κ3) is 43.1. The van der Waals surface area contributed by atoms with E-state index in [9.17, 15) is 19.4 Å². The van der Waals surface area contributed by atoms with E-state index in [2.05, 4.69) is 98.9 Å². The Balaban J connectivity index is 4.21. The van der Waals surface area contributed by atoms with Crippen LogP contribution in [0.1, 0.15) is 162 Å². The monoisotopic (exact) mass is 821 g/mol. The zero-order valence-electron chi connectivity index (χ0n) is 35.8. The lowest BCUT2D eigenvalue weighted by molar-refractivity contribution is -0.154. The summed E-state index contributed by atoms with van der Waals surface area (Å²) in [7, 11) is -4.53. The number of rotatable bonds is 41. The van der Waals surface area contributed by atoms with E-state index in [1.807, 2.05) is 0 Å². The minimum atomic E-state index is -4.53. The van der Waals surface area contributed by atoms with Gasteiger partial charge in [0.05, 0.1) is 26.4 Å². The number of phosphoric ester groups is 1. The highest BCUT2D eigenvalue weighted by atomic mass is 31.2. The van der Waals surface area contributed by atoms with Gasteiger partial charge >= 0.3 is 13.8 Å². The lowest BCUT2D eigenvalue weighted by Gasteiger charge is -2.20. The normalized spacial score (nSPS) is 14.8. The maximum atomic E-state index is 12.6. The molecule has 0 fully saturated rings. The molecule has 0 aromatic carbocycles. The van der Waals surface area contributed by atoms with E-state index in [1.165, 1.54) is 32.1 Å². The van der Waals surface area contributed by atoms with Crippen LogP contribution in [0, 0.1) is 0 Å². The fraction of sp³-hybridized carbons (Fsp3) is 0.681. The Morgan fingerprint density at radius 2 is 1.00 bits per heavy atom. The molecule has 0 spiro atoms. The maximum absolute atomic E-state index is 12.6. The highest BCUT2D eigenvalue weighted by Crippen LogP contribution is 2.43. The van der Waals surface area contributed by atoms with Gasteiger partial charge in [-0.3, -0.25) is 13.8 Å². The molecule has 9 nitrogen and oxygen atoms in total. The number of aliphatic hydroxyl groups excluding tert-OH is 2. The smallest absolute Gasteiger partial charge is 0.457 e. The molecule has 0 heterocycles. The average Bonchev–Trinajstić information content (AvgIpc) is 3.20. The van der Waals surface area contributed by atoms with Gasteiger partial charge in [0.2, 0.25) is 0 Å². The summed E-state index contributed by atoms with van der Waals surface area (Å²) >= 11 is 0. The number of aliphatic hydroxyl groups is 2.